The summed E-state index contributed by atoms with van der Waals surface area (Å²) in [7, 11) is 1.65. The number of benzene rings is 3. The molecule has 0 radical (unpaired) electrons. The number of halogens is 1. The van der Waals surface area contributed by atoms with Crippen molar-refractivity contribution in [3.63, 3.8) is 0 Å². The van der Waals surface area contributed by atoms with Gasteiger partial charge in [0.1, 0.15) is 5.75 Å². The predicted molar refractivity (Wildman–Crippen MR) is 158 cm³/mol. The first-order valence-corrected chi connectivity index (χ1v) is 13.2. The second kappa shape index (κ2) is 10.1. The minimum Gasteiger partial charge on any atom is -0.496 e. The molecule has 3 nitrogen and oxygen atoms in total. The molecule has 0 saturated carbocycles. The van der Waals surface area contributed by atoms with E-state index in [4.69, 9.17) is 16.3 Å². The van der Waals surface area contributed by atoms with E-state index in [0.29, 0.717) is 11.4 Å². The molecule has 0 aliphatic rings. The number of rotatable bonds is 4. The molecule has 1 aromatic heterocycles. The van der Waals surface area contributed by atoms with Gasteiger partial charge < -0.3 is 4.74 Å². The lowest BCUT2D eigenvalue weighted by Gasteiger charge is -2.26. The summed E-state index contributed by atoms with van der Waals surface area (Å²) in [6.07, 6.45) is 0. The van der Waals surface area contributed by atoms with Crippen LogP contribution in [0.15, 0.2) is 77.3 Å². The van der Waals surface area contributed by atoms with Crippen molar-refractivity contribution in [3.8, 4) is 39.4 Å². The van der Waals surface area contributed by atoms with Crippen molar-refractivity contribution >= 4 is 21.6 Å². The van der Waals surface area contributed by atoms with E-state index in [0.717, 1.165) is 38.1 Å². The number of pyridine rings is 1. The van der Waals surface area contributed by atoms with Crippen LogP contribution in [0, 0.1) is 6.57 Å². The van der Waals surface area contributed by atoms with Gasteiger partial charge in [-0.25, -0.2) is 9.83 Å². The predicted octanol–water partition coefficient (Wildman–Crippen LogP) is 10.00. The van der Waals surface area contributed by atoms with Gasteiger partial charge in [0.05, 0.1) is 25.1 Å². The van der Waals surface area contributed by atoms with Crippen LogP contribution < -0.4 is 4.74 Å². The summed E-state index contributed by atoms with van der Waals surface area (Å²) in [6, 6.07) is 24.9. The monoisotopic (exact) mass is 552 g/mol. The van der Waals surface area contributed by atoms with E-state index in [1.807, 2.05) is 24.3 Å². The Kier molecular flexibility index (Phi) is 7.31. The zero-order valence-corrected chi connectivity index (χ0v) is 24.2. The molecular formula is C33H33BrN2O. The molecular weight excluding hydrogens is 520 g/mol. The fraction of sp³-hybridized carbons (Fsp3) is 0.273. The molecule has 1 heterocycles. The van der Waals surface area contributed by atoms with Crippen molar-refractivity contribution in [1.82, 2.24) is 4.98 Å². The van der Waals surface area contributed by atoms with E-state index in [1.165, 1.54) is 11.1 Å². The standard InChI is InChI=1S/C33H33BrN2O/c1-32(2,3)24-14-22(15-25(19-24)33(4,5)6)23-17-29(21-10-9-11-26(34)16-21)36-30(18-23)28-20-27(35-7)12-13-31(28)37-8/h9-20H,1-6,8H3. The van der Waals surface area contributed by atoms with Crippen molar-refractivity contribution in [1.29, 1.82) is 0 Å². The van der Waals surface area contributed by atoms with Crippen LogP contribution in [0.5, 0.6) is 5.75 Å². The highest BCUT2D eigenvalue weighted by Gasteiger charge is 2.22. The van der Waals surface area contributed by atoms with Crippen LogP contribution in [-0.2, 0) is 10.8 Å². The summed E-state index contributed by atoms with van der Waals surface area (Å²) in [5.74, 6) is 0.691. The average Bonchev–Trinajstić information content (AvgIpc) is 2.86. The SMILES string of the molecule is [C-]#[N+]c1ccc(OC)c(-c2cc(-c3cc(C(C)(C)C)cc(C(C)(C)C)c3)cc(-c3cccc(Br)c3)n2)c1. The maximum Gasteiger partial charge on any atom is 0.188 e. The average molecular weight is 554 g/mol. The third-order valence-electron chi connectivity index (χ3n) is 6.53. The van der Waals surface area contributed by atoms with E-state index in [1.54, 1.807) is 13.2 Å². The van der Waals surface area contributed by atoms with Crippen LogP contribution in [0.1, 0.15) is 52.7 Å². The first-order chi connectivity index (χ1) is 17.4. The summed E-state index contributed by atoms with van der Waals surface area (Å²) in [5, 5.41) is 0. The lowest BCUT2D eigenvalue weighted by Crippen LogP contribution is -2.16. The lowest BCUT2D eigenvalue weighted by molar-refractivity contribution is 0.416. The molecule has 0 amide bonds. The van der Waals surface area contributed by atoms with Gasteiger partial charge in [-0.3, -0.25) is 0 Å². The van der Waals surface area contributed by atoms with Crippen LogP contribution in [0.4, 0.5) is 5.69 Å². The minimum absolute atomic E-state index is 0.00613. The van der Waals surface area contributed by atoms with Crippen molar-refractivity contribution in [2.75, 3.05) is 7.11 Å². The van der Waals surface area contributed by atoms with Gasteiger partial charge in [0.2, 0.25) is 0 Å². The molecule has 4 aromatic rings. The number of methoxy groups -OCH3 is 1. The number of ether oxygens (including phenoxy) is 1. The summed E-state index contributed by atoms with van der Waals surface area (Å²) in [6.45, 7) is 21.1. The minimum atomic E-state index is 0.00613. The summed E-state index contributed by atoms with van der Waals surface area (Å²) in [4.78, 5) is 8.71. The van der Waals surface area contributed by atoms with E-state index >= 15 is 0 Å². The quantitative estimate of drug-likeness (QED) is 0.235. The zero-order valence-electron chi connectivity index (χ0n) is 22.6. The van der Waals surface area contributed by atoms with E-state index < -0.39 is 0 Å². The third kappa shape index (κ3) is 5.95. The molecule has 4 rings (SSSR count). The van der Waals surface area contributed by atoms with Crippen LogP contribution in [-0.4, -0.2) is 12.1 Å². The highest BCUT2D eigenvalue weighted by molar-refractivity contribution is 9.10. The van der Waals surface area contributed by atoms with Crippen LogP contribution in [0.25, 0.3) is 38.5 Å². The summed E-state index contributed by atoms with van der Waals surface area (Å²) < 4.78 is 6.68. The Morgan fingerprint density at radius 3 is 1.92 bits per heavy atom. The van der Waals surface area contributed by atoms with Gasteiger partial charge in [0, 0.05) is 15.6 Å². The Balaban J connectivity index is 2.04. The number of hydrogen-bond donors (Lipinski definition) is 0. The lowest BCUT2D eigenvalue weighted by atomic mass is 9.79. The third-order valence-corrected chi connectivity index (χ3v) is 7.03. The molecule has 0 fully saturated rings. The van der Waals surface area contributed by atoms with Gasteiger partial charge in [0.25, 0.3) is 0 Å². The van der Waals surface area contributed by atoms with Crippen molar-refractivity contribution < 1.29 is 4.74 Å². The molecule has 0 N–H and O–H groups in total. The van der Waals surface area contributed by atoms with E-state index in [9.17, 15) is 0 Å². The summed E-state index contributed by atoms with van der Waals surface area (Å²) in [5.41, 5.74) is 8.84. The number of nitrogens with zero attached hydrogens (tertiary/aromatic N) is 2. The molecule has 0 atom stereocenters. The Morgan fingerprint density at radius 1 is 0.730 bits per heavy atom. The topological polar surface area (TPSA) is 26.5 Å². The molecule has 0 spiro atoms. The maximum absolute atomic E-state index is 7.53. The number of aromatic nitrogens is 1. The number of hydrogen-bond acceptors (Lipinski definition) is 2. The van der Waals surface area contributed by atoms with Gasteiger partial charge >= 0.3 is 0 Å². The highest BCUT2D eigenvalue weighted by Crippen LogP contribution is 2.39. The Bertz CT molecular complexity index is 1470. The molecule has 0 saturated heterocycles. The second-order valence-electron chi connectivity index (χ2n) is 11.4. The first-order valence-electron chi connectivity index (χ1n) is 12.4. The van der Waals surface area contributed by atoms with Crippen LogP contribution >= 0.6 is 15.9 Å². The van der Waals surface area contributed by atoms with Crippen LogP contribution in [0.3, 0.4) is 0 Å². The molecule has 0 unspecified atom stereocenters. The van der Waals surface area contributed by atoms with Gasteiger partial charge in [-0.2, -0.15) is 0 Å². The molecule has 0 bridgehead atoms. The first kappa shape index (κ1) is 26.6. The fourth-order valence-electron chi connectivity index (χ4n) is 4.26. The summed E-state index contributed by atoms with van der Waals surface area (Å²) >= 11 is 3.61. The van der Waals surface area contributed by atoms with Crippen molar-refractivity contribution in [3.05, 3.63) is 99.8 Å². The Labute approximate surface area is 229 Å². The van der Waals surface area contributed by atoms with Gasteiger partial charge in [-0.15, -0.1) is 0 Å². The van der Waals surface area contributed by atoms with Crippen molar-refractivity contribution in [2.45, 2.75) is 52.4 Å². The van der Waals surface area contributed by atoms with Crippen molar-refractivity contribution in [2.24, 2.45) is 0 Å². The Hall–Kier alpha value is -3.42. The van der Waals surface area contributed by atoms with Gasteiger partial charge in [-0.1, -0.05) is 93.9 Å². The smallest absolute Gasteiger partial charge is 0.188 e. The fourth-order valence-corrected chi connectivity index (χ4v) is 4.66. The molecule has 4 heteroatoms. The van der Waals surface area contributed by atoms with Crippen LogP contribution in [0.2, 0.25) is 0 Å². The highest BCUT2D eigenvalue weighted by atomic mass is 79.9. The second-order valence-corrected chi connectivity index (χ2v) is 12.3. The Morgan fingerprint density at radius 2 is 1.35 bits per heavy atom. The van der Waals surface area contributed by atoms with Gasteiger partial charge in [0.15, 0.2) is 5.69 Å². The molecule has 188 valence electrons. The van der Waals surface area contributed by atoms with E-state index in [2.05, 4.69) is 105 Å². The largest absolute Gasteiger partial charge is 0.496 e. The maximum atomic E-state index is 7.53. The van der Waals surface area contributed by atoms with E-state index in [-0.39, 0.29) is 10.8 Å². The zero-order chi connectivity index (χ0) is 27.0. The molecule has 3 aromatic carbocycles. The molecule has 0 aliphatic carbocycles. The molecule has 0 aliphatic heterocycles. The van der Waals surface area contributed by atoms with Gasteiger partial charge in [-0.05, 0) is 69.5 Å². The normalized spacial score (nSPS) is 11.8. The molecule has 37 heavy (non-hydrogen) atoms.